The molecule has 1 heterocycles. The lowest BCUT2D eigenvalue weighted by Gasteiger charge is -2.08. The minimum Gasteiger partial charge on any atom is -0.448 e. The molecule has 0 aliphatic heterocycles. The van der Waals surface area contributed by atoms with Crippen molar-refractivity contribution >= 4 is 45.7 Å². The van der Waals surface area contributed by atoms with Crippen molar-refractivity contribution in [1.29, 1.82) is 0 Å². The van der Waals surface area contributed by atoms with Gasteiger partial charge in [0, 0.05) is 22.6 Å². The highest BCUT2D eigenvalue weighted by molar-refractivity contribution is 7.99. The topological polar surface area (TPSA) is 25.2 Å². The van der Waals surface area contributed by atoms with Gasteiger partial charge in [-0.1, -0.05) is 41.9 Å². The van der Waals surface area contributed by atoms with Crippen molar-refractivity contribution in [3.05, 3.63) is 64.5 Å². The van der Waals surface area contributed by atoms with Crippen LogP contribution in [0.15, 0.2) is 57.8 Å². The molecule has 0 radical (unpaired) electrons. The van der Waals surface area contributed by atoms with E-state index in [4.69, 9.17) is 27.6 Å². The zero-order valence-corrected chi connectivity index (χ0v) is 14.1. The Hall–Kier alpha value is -1.13. The zero-order valence-electron chi connectivity index (χ0n) is 11.8. The van der Waals surface area contributed by atoms with E-state index in [-0.39, 0.29) is 0 Å². The SMILES string of the molecule is Clc1ccc(CNCCSc2ccc3ccccc3c2Cl)o1. The van der Waals surface area contributed by atoms with E-state index in [1.807, 2.05) is 18.2 Å². The first-order chi connectivity index (χ1) is 10.7. The van der Waals surface area contributed by atoms with Crippen LogP contribution in [0.25, 0.3) is 10.8 Å². The van der Waals surface area contributed by atoms with Gasteiger partial charge in [-0.15, -0.1) is 11.8 Å². The van der Waals surface area contributed by atoms with E-state index in [1.54, 1.807) is 17.8 Å². The molecule has 3 aromatic rings. The van der Waals surface area contributed by atoms with Gasteiger partial charge < -0.3 is 9.73 Å². The lowest BCUT2D eigenvalue weighted by Crippen LogP contribution is -2.16. The van der Waals surface area contributed by atoms with E-state index in [0.29, 0.717) is 11.8 Å². The minimum absolute atomic E-state index is 0.425. The van der Waals surface area contributed by atoms with Crippen molar-refractivity contribution in [3.8, 4) is 0 Å². The molecule has 2 aromatic carbocycles. The molecule has 0 saturated carbocycles. The smallest absolute Gasteiger partial charge is 0.193 e. The molecule has 1 N–H and O–H groups in total. The third-order valence-corrected chi connectivity index (χ3v) is 5.07. The van der Waals surface area contributed by atoms with Crippen molar-refractivity contribution in [2.45, 2.75) is 11.4 Å². The highest BCUT2D eigenvalue weighted by atomic mass is 35.5. The predicted molar refractivity (Wildman–Crippen MR) is 95.1 cm³/mol. The second-order valence-electron chi connectivity index (χ2n) is 4.83. The molecule has 114 valence electrons. The van der Waals surface area contributed by atoms with Gasteiger partial charge in [0.1, 0.15) is 5.76 Å². The zero-order chi connectivity index (χ0) is 15.4. The van der Waals surface area contributed by atoms with E-state index in [9.17, 15) is 0 Å². The predicted octanol–water partition coefficient (Wildman–Crippen LogP) is 5.62. The number of furan rings is 1. The van der Waals surface area contributed by atoms with E-state index in [0.717, 1.165) is 33.4 Å². The Balaban J connectivity index is 1.52. The van der Waals surface area contributed by atoms with E-state index < -0.39 is 0 Å². The van der Waals surface area contributed by atoms with E-state index >= 15 is 0 Å². The molecule has 0 atom stereocenters. The largest absolute Gasteiger partial charge is 0.448 e. The summed E-state index contributed by atoms with van der Waals surface area (Å²) in [5.41, 5.74) is 0. The third kappa shape index (κ3) is 3.79. The fourth-order valence-corrected chi connectivity index (χ4v) is 3.64. The summed E-state index contributed by atoms with van der Waals surface area (Å²) in [6.45, 7) is 1.55. The summed E-state index contributed by atoms with van der Waals surface area (Å²) in [6.07, 6.45) is 0. The fourth-order valence-electron chi connectivity index (χ4n) is 2.22. The van der Waals surface area contributed by atoms with E-state index in [1.165, 1.54) is 5.39 Å². The third-order valence-electron chi connectivity index (χ3n) is 3.29. The maximum absolute atomic E-state index is 6.48. The number of fused-ring (bicyclic) bond motifs is 1. The fraction of sp³-hybridized carbons (Fsp3) is 0.176. The summed E-state index contributed by atoms with van der Waals surface area (Å²) < 4.78 is 5.29. The summed E-state index contributed by atoms with van der Waals surface area (Å²) in [7, 11) is 0. The van der Waals surface area contributed by atoms with E-state index in [2.05, 4.69) is 29.6 Å². The highest BCUT2D eigenvalue weighted by Gasteiger charge is 2.05. The molecular weight excluding hydrogens is 337 g/mol. The van der Waals surface area contributed by atoms with Crippen molar-refractivity contribution in [2.24, 2.45) is 0 Å². The molecular formula is C17H15Cl2NOS. The van der Waals surface area contributed by atoms with Crippen LogP contribution in [0.4, 0.5) is 0 Å². The van der Waals surface area contributed by atoms with Gasteiger partial charge in [-0.05, 0) is 35.2 Å². The number of thioether (sulfide) groups is 1. The van der Waals surface area contributed by atoms with Crippen LogP contribution in [0.3, 0.4) is 0 Å². The first-order valence-electron chi connectivity index (χ1n) is 6.99. The summed E-state index contributed by atoms with van der Waals surface area (Å²) in [6, 6.07) is 16.0. The molecule has 0 amide bonds. The van der Waals surface area contributed by atoms with Crippen LogP contribution in [-0.2, 0) is 6.54 Å². The molecule has 0 fully saturated rings. The second kappa shape index (κ2) is 7.42. The molecule has 3 rings (SSSR count). The second-order valence-corrected chi connectivity index (χ2v) is 6.72. The molecule has 1 aromatic heterocycles. The molecule has 0 aliphatic rings. The Morgan fingerprint density at radius 3 is 2.68 bits per heavy atom. The number of halogens is 2. The van der Waals surface area contributed by atoms with Gasteiger partial charge in [0.15, 0.2) is 5.22 Å². The quantitative estimate of drug-likeness (QED) is 0.460. The Labute approximate surface area is 143 Å². The molecule has 0 unspecified atom stereocenters. The van der Waals surface area contributed by atoms with Gasteiger partial charge in [-0.2, -0.15) is 0 Å². The normalized spacial score (nSPS) is 11.2. The maximum Gasteiger partial charge on any atom is 0.193 e. The van der Waals surface area contributed by atoms with Crippen LogP contribution >= 0.6 is 35.0 Å². The van der Waals surface area contributed by atoms with Crippen LogP contribution in [0, 0.1) is 0 Å². The van der Waals surface area contributed by atoms with Gasteiger partial charge in [0.25, 0.3) is 0 Å². The number of benzene rings is 2. The Morgan fingerprint density at radius 2 is 1.86 bits per heavy atom. The van der Waals surface area contributed by atoms with Crippen molar-refractivity contribution in [1.82, 2.24) is 5.32 Å². The number of rotatable bonds is 6. The van der Waals surface area contributed by atoms with Crippen LogP contribution < -0.4 is 5.32 Å². The molecule has 0 aliphatic carbocycles. The number of nitrogens with one attached hydrogen (secondary N) is 1. The molecule has 0 saturated heterocycles. The summed E-state index contributed by atoms with van der Waals surface area (Å²) >= 11 is 14.0. The lowest BCUT2D eigenvalue weighted by molar-refractivity contribution is 0.490. The van der Waals surface area contributed by atoms with Crippen molar-refractivity contribution < 1.29 is 4.42 Å². The summed E-state index contributed by atoms with van der Waals surface area (Å²) in [4.78, 5) is 1.11. The van der Waals surface area contributed by atoms with Crippen molar-refractivity contribution in [3.63, 3.8) is 0 Å². The molecule has 22 heavy (non-hydrogen) atoms. The molecule has 2 nitrogen and oxygen atoms in total. The number of hydrogen-bond acceptors (Lipinski definition) is 3. The monoisotopic (exact) mass is 351 g/mol. The van der Waals surface area contributed by atoms with Gasteiger partial charge in [0.05, 0.1) is 11.6 Å². The molecule has 0 spiro atoms. The first kappa shape index (κ1) is 15.8. The highest BCUT2D eigenvalue weighted by Crippen LogP contribution is 2.33. The maximum atomic E-state index is 6.48. The molecule has 0 bridgehead atoms. The molecule has 5 heteroatoms. The van der Waals surface area contributed by atoms with Gasteiger partial charge in [0.2, 0.25) is 0 Å². The van der Waals surface area contributed by atoms with Crippen LogP contribution in [0.2, 0.25) is 10.2 Å². The summed E-state index contributed by atoms with van der Waals surface area (Å²) in [5.74, 6) is 1.78. The van der Waals surface area contributed by atoms with Gasteiger partial charge in [-0.3, -0.25) is 0 Å². The Bertz CT molecular complexity index is 772. The van der Waals surface area contributed by atoms with Gasteiger partial charge in [-0.25, -0.2) is 0 Å². The Kier molecular flexibility index (Phi) is 5.32. The lowest BCUT2D eigenvalue weighted by atomic mass is 10.1. The average Bonchev–Trinajstić information content (AvgIpc) is 2.95. The van der Waals surface area contributed by atoms with Gasteiger partial charge >= 0.3 is 0 Å². The summed E-state index contributed by atoms with van der Waals surface area (Å²) in [5, 5.41) is 6.86. The Morgan fingerprint density at radius 1 is 1.00 bits per heavy atom. The standard InChI is InChI=1S/C17H15Cl2NOS/c18-16-8-6-13(21-16)11-20-9-10-22-15-7-5-12-3-1-2-4-14(12)17(15)19/h1-8,20H,9-11H2. The minimum atomic E-state index is 0.425. The average molecular weight is 352 g/mol. The van der Waals surface area contributed by atoms with Crippen LogP contribution in [0.5, 0.6) is 0 Å². The number of hydrogen-bond donors (Lipinski definition) is 1. The first-order valence-corrected chi connectivity index (χ1v) is 8.73. The van der Waals surface area contributed by atoms with Crippen molar-refractivity contribution in [2.75, 3.05) is 12.3 Å². The van der Waals surface area contributed by atoms with Crippen LogP contribution in [0.1, 0.15) is 5.76 Å². The van der Waals surface area contributed by atoms with Crippen LogP contribution in [-0.4, -0.2) is 12.3 Å².